The number of nitrogens with one attached hydrogen (secondary N) is 2. The number of hydrogen-bond acceptors (Lipinski definition) is 7. The van der Waals surface area contributed by atoms with Crippen molar-refractivity contribution in [1.29, 1.82) is 0 Å². The molecule has 1 saturated carbocycles. The van der Waals surface area contributed by atoms with Crippen molar-refractivity contribution in [1.82, 2.24) is 20.1 Å². The lowest BCUT2D eigenvalue weighted by atomic mass is 9.96. The minimum Gasteiger partial charge on any atom is -0.490 e. The number of fused-ring (bicyclic) bond motifs is 1. The van der Waals surface area contributed by atoms with E-state index in [0.717, 1.165) is 44.9 Å². The van der Waals surface area contributed by atoms with Crippen molar-refractivity contribution in [2.75, 3.05) is 38.7 Å². The zero-order valence-electron chi connectivity index (χ0n) is 27.7. The summed E-state index contributed by atoms with van der Waals surface area (Å²) in [4.78, 5) is 47.6. The standard InChI is InChI=1S/C35H51N5O6/c1-24-21-40(25(2)23-41)34(43)30-20-29(37-33(42)27-15-17-36-18-16-27)13-14-31(30)46-26(3)10-8-9-19-45-32(24)22-39(4)35(44)38-28-11-6-5-7-12-28/h13-18,20,24-26,28,32,41H,5-12,19,21-23H2,1-4H3,(H,37,42)(H,38,44)/t24-,25+,26+,32+/m1/s1. The van der Waals surface area contributed by atoms with Crippen molar-refractivity contribution in [2.45, 2.75) is 96.4 Å². The highest BCUT2D eigenvalue weighted by atomic mass is 16.5. The van der Waals surface area contributed by atoms with Crippen molar-refractivity contribution in [2.24, 2.45) is 5.92 Å². The van der Waals surface area contributed by atoms with Gasteiger partial charge < -0.3 is 35.0 Å². The molecule has 1 aliphatic heterocycles. The summed E-state index contributed by atoms with van der Waals surface area (Å²) in [6.07, 6.45) is 10.6. The lowest BCUT2D eigenvalue weighted by Crippen LogP contribution is -2.50. The summed E-state index contributed by atoms with van der Waals surface area (Å²) in [6.45, 7) is 6.73. The summed E-state index contributed by atoms with van der Waals surface area (Å²) in [6, 6.07) is 7.90. The van der Waals surface area contributed by atoms with Gasteiger partial charge >= 0.3 is 6.03 Å². The van der Waals surface area contributed by atoms with E-state index in [-0.39, 0.29) is 55.2 Å². The van der Waals surface area contributed by atoms with Crippen LogP contribution >= 0.6 is 0 Å². The Morgan fingerprint density at radius 3 is 2.50 bits per heavy atom. The van der Waals surface area contributed by atoms with E-state index in [1.54, 1.807) is 66.5 Å². The second-order valence-corrected chi connectivity index (χ2v) is 12.9. The summed E-state index contributed by atoms with van der Waals surface area (Å²) >= 11 is 0. The number of carbonyl (C=O) groups is 3. The van der Waals surface area contributed by atoms with E-state index < -0.39 is 6.04 Å². The average Bonchev–Trinajstić information content (AvgIpc) is 3.06. The fourth-order valence-electron chi connectivity index (χ4n) is 6.05. The first-order valence-electron chi connectivity index (χ1n) is 16.7. The average molecular weight is 638 g/mol. The molecule has 1 aromatic heterocycles. The summed E-state index contributed by atoms with van der Waals surface area (Å²) in [5.41, 5.74) is 1.19. The molecule has 46 heavy (non-hydrogen) atoms. The predicted octanol–water partition coefficient (Wildman–Crippen LogP) is 5.10. The summed E-state index contributed by atoms with van der Waals surface area (Å²) in [5, 5.41) is 16.3. The highest BCUT2D eigenvalue weighted by molar-refractivity contribution is 6.05. The monoisotopic (exact) mass is 637 g/mol. The Balaban J connectivity index is 1.58. The van der Waals surface area contributed by atoms with Gasteiger partial charge in [0.05, 0.1) is 30.4 Å². The van der Waals surface area contributed by atoms with Gasteiger partial charge in [-0.3, -0.25) is 14.6 Å². The molecule has 0 saturated heterocycles. The van der Waals surface area contributed by atoms with Crippen molar-refractivity contribution >= 4 is 23.5 Å². The van der Waals surface area contributed by atoms with Crippen LogP contribution in [0.4, 0.5) is 10.5 Å². The Bertz CT molecular complexity index is 1290. The van der Waals surface area contributed by atoms with Crippen LogP contribution in [0, 0.1) is 5.92 Å². The van der Waals surface area contributed by atoms with E-state index >= 15 is 0 Å². The molecule has 4 amide bonds. The SMILES string of the molecule is C[C@@H]1CN([C@@H](C)CO)C(=O)c2cc(NC(=O)c3ccncc3)ccc2O[C@@H](C)CCCCO[C@H]1CN(C)C(=O)NC1CCCCC1. The maximum atomic E-state index is 14.3. The molecule has 1 fully saturated rings. The molecule has 0 bridgehead atoms. The third kappa shape index (κ3) is 9.90. The molecular weight excluding hydrogens is 586 g/mol. The van der Waals surface area contributed by atoms with Crippen molar-refractivity contribution in [3.05, 3.63) is 53.9 Å². The fourth-order valence-corrected chi connectivity index (χ4v) is 6.05. The minimum absolute atomic E-state index is 0.111. The molecule has 2 heterocycles. The van der Waals surface area contributed by atoms with Crippen LogP contribution in [0.25, 0.3) is 0 Å². The summed E-state index contributed by atoms with van der Waals surface area (Å²) in [7, 11) is 1.79. The van der Waals surface area contributed by atoms with Crippen LogP contribution in [0.5, 0.6) is 5.75 Å². The number of nitrogens with zero attached hydrogens (tertiary/aromatic N) is 3. The largest absolute Gasteiger partial charge is 0.490 e. The molecule has 4 atom stereocenters. The van der Waals surface area contributed by atoms with Crippen LogP contribution < -0.4 is 15.4 Å². The lowest BCUT2D eigenvalue weighted by molar-refractivity contribution is -0.0123. The van der Waals surface area contributed by atoms with E-state index in [1.165, 1.54) is 6.42 Å². The Hall–Kier alpha value is -3.70. The molecule has 4 rings (SSSR count). The van der Waals surface area contributed by atoms with Gasteiger partial charge in [-0.15, -0.1) is 0 Å². The van der Waals surface area contributed by atoms with Gasteiger partial charge in [0.2, 0.25) is 0 Å². The number of benzene rings is 1. The smallest absolute Gasteiger partial charge is 0.317 e. The molecule has 252 valence electrons. The Labute approximate surface area is 273 Å². The normalized spacial score (nSPS) is 22.5. The Morgan fingerprint density at radius 2 is 1.78 bits per heavy atom. The molecule has 1 aliphatic carbocycles. The van der Waals surface area contributed by atoms with Crippen molar-refractivity contribution in [3.63, 3.8) is 0 Å². The molecular formula is C35H51N5O6. The van der Waals surface area contributed by atoms with Gasteiger partial charge in [-0.25, -0.2) is 4.79 Å². The maximum Gasteiger partial charge on any atom is 0.317 e. The number of amides is 4. The number of aromatic nitrogens is 1. The topological polar surface area (TPSA) is 133 Å². The second-order valence-electron chi connectivity index (χ2n) is 12.9. The van der Waals surface area contributed by atoms with Crippen LogP contribution in [0.3, 0.4) is 0 Å². The van der Waals surface area contributed by atoms with Gasteiger partial charge in [0, 0.05) is 62.3 Å². The predicted molar refractivity (Wildman–Crippen MR) is 177 cm³/mol. The molecule has 0 unspecified atom stereocenters. The van der Waals surface area contributed by atoms with Crippen LogP contribution in [-0.4, -0.2) is 95.4 Å². The van der Waals surface area contributed by atoms with E-state index in [1.807, 2.05) is 13.8 Å². The quantitative estimate of drug-likeness (QED) is 0.385. The Morgan fingerprint density at radius 1 is 1.07 bits per heavy atom. The highest BCUT2D eigenvalue weighted by Crippen LogP contribution is 2.29. The number of ether oxygens (including phenoxy) is 2. The molecule has 3 N–H and O–H groups in total. The summed E-state index contributed by atoms with van der Waals surface area (Å²) in [5.74, 6) is -0.388. The Kier molecular flexibility index (Phi) is 13.2. The van der Waals surface area contributed by atoms with Crippen LogP contribution in [0.15, 0.2) is 42.7 Å². The number of pyridine rings is 1. The minimum atomic E-state index is -0.504. The number of aliphatic hydroxyl groups excluding tert-OH is 1. The molecule has 1 aromatic carbocycles. The summed E-state index contributed by atoms with van der Waals surface area (Å²) < 4.78 is 12.7. The fraction of sp³-hybridized carbons (Fsp3) is 0.600. The number of aliphatic hydroxyl groups is 1. The third-order valence-electron chi connectivity index (χ3n) is 8.99. The van der Waals surface area contributed by atoms with Gasteiger partial charge in [0.15, 0.2) is 0 Å². The molecule has 11 heteroatoms. The number of carbonyl (C=O) groups excluding carboxylic acids is 3. The first-order chi connectivity index (χ1) is 22.2. The van der Waals surface area contributed by atoms with Crippen LogP contribution in [0.1, 0.15) is 92.9 Å². The van der Waals surface area contributed by atoms with E-state index in [9.17, 15) is 19.5 Å². The number of rotatable bonds is 7. The third-order valence-corrected chi connectivity index (χ3v) is 8.99. The van der Waals surface area contributed by atoms with Gasteiger partial charge in [-0.05, 0) is 76.3 Å². The highest BCUT2D eigenvalue weighted by Gasteiger charge is 2.31. The molecule has 2 aromatic rings. The maximum absolute atomic E-state index is 14.3. The number of hydrogen-bond donors (Lipinski definition) is 3. The zero-order chi connectivity index (χ0) is 33.1. The van der Waals surface area contributed by atoms with Gasteiger partial charge in [-0.1, -0.05) is 26.2 Å². The van der Waals surface area contributed by atoms with E-state index in [4.69, 9.17) is 9.47 Å². The van der Waals surface area contributed by atoms with Crippen molar-refractivity contribution < 1.29 is 29.0 Å². The lowest BCUT2D eigenvalue weighted by Gasteiger charge is -2.36. The van der Waals surface area contributed by atoms with E-state index in [0.29, 0.717) is 35.7 Å². The second kappa shape index (κ2) is 17.3. The van der Waals surface area contributed by atoms with E-state index in [2.05, 4.69) is 15.6 Å². The zero-order valence-corrected chi connectivity index (χ0v) is 27.7. The first-order valence-corrected chi connectivity index (χ1v) is 16.7. The number of anilines is 1. The van der Waals surface area contributed by atoms with Gasteiger partial charge in [-0.2, -0.15) is 0 Å². The molecule has 0 radical (unpaired) electrons. The van der Waals surface area contributed by atoms with Crippen LogP contribution in [0.2, 0.25) is 0 Å². The first kappa shape index (κ1) is 35.2. The number of urea groups is 1. The number of likely N-dealkylation sites (N-methyl/N-ethyl adjacent to an activating group) is 1. The van der Waals surface area contributed by atoms with Crippen LogP contribution in [-0.2, 0) is 4.74 Å². The van der Waals surface area contributed by atoms with Gasteiger partial charge in [0.1, 0.15) is 5.75 Å². The molecule has 11 nitrogen and oxygen atoms in total. The van der Waals surface area contributed by atoms with Gasteiger partial charge in [0.25, 0.3) is 11.8 Å². The van der Waals surface area contributed by atoms with Crippen molar-refractivity contribution in [3.8, 4) is 5.75 Å². The molecule has 0 spiro atoms. The molecule has 2 aliphatic rings.